The Morgan fingerprint density at radius 3 is 2.83 bits per heavy atom. The molecule has 1 N–H and O–H groups in total. The fourth-order valence-corrected chi connectivity index (χ4v) is 1.37. The minimum Gasteiger partial charge on any atom is -0.396 e. The van der Waals surface area contributed by atoms with Crippen molar-refractivity contribution in [1.82, 2.24) is 0 Å². The highest BCUT2D eigenvalue weighted by Crippen LogP contribution is 2.22. The smallest absolute Gasteiger partial charge is 0.126 e. The summed E-state index contributed by atoms with van der Waals surface area (Å²) in [7, 11) is 0. The molecule has 0 spiro atoms. The number of halogens is 2. The van der Waals surface area contributed by atoms with Crippen LogP contribution >= 0.6 is 15.9 Å². The molecule has 0 saturated heterocycles. The van der Waals surface area contributed by atoms with Crippen LogP contribution < -0.4 is 0 Å². The maximum absolute atomic E-state index is 13.1. The van der Waals surface area contributed by atoms with Crippen molar-refractivity contribution in [1.29, 1.82) is 0 Å². The number of rotatable bonds is 2. The predicted molar refractivity (Wildman–Crippen MR) is 49.6 cm³/mol. The highest BCUT2D eigenvalue weighted by atomic mass is 79.9. The van der Waals surface area contributed by atoms with Crippen LogP contribution in [0.2, 0.25) is 0 Å². The van der Waals surface area contributed by atoms with Gasteiger partial charge in [-0.1, -0.05) is 22.9 Å². The van der Waals surface area contributed by atoms with Gasteiger partial charge in [0.2, 0.25) is 0 Å². The Labute approximate surface area is 79.4 Å². The average Bonchev–Trinajstić information content (AvgIpc) is 2.08. The van der Waals surface area contributed by atoms with E-state index in [1.54, 1.807) is 19.1 Å². The lowest BCUT2D eigenvalue weighted by Crippen LogP contribution is -2.01. The monoisotopic (exact) mass is 232 g/mol. The Kier molecular flexibility index (Phi) is 3.23. The van der Waals surface area contributed by atoms with Crippen LogP contribution in [0.4, 0.5) is 4.39 Å². The first kappa shape index (κ1) is 9.68. The number of aliphatic hydroxyl groups excluding tert-OH is 1. The van der Waals surface area contributed by atoms with Gasteiger partial charge in [0.1, 0.15) is 5.82 Å². The molecule has 0 amide bonds. The fraction of sp³-hybridized carbons (Fsp3) is 0.333. The van der Waals surface area contributed by atoms with Gasteiger partial charge in [-0.05, 0) is 23.8 Å². The van der Waals surface area contributed by atoms with Gasteiger partial charge >= 0.3 is 0 Å². The molecule has 66 valence electrons. The van der Waals surface area contributed by atoms with Crippen molar-refractivity contribution in [2.24, 2.45) is 0 Å². The molecule has 0 bridgehead atoms. The minimum absolute atomic E-state index is 0.0344. The summed E-state index contributed by atoms with van der Waals surface area (Å²) in [5, 5.41) is 8.82. The number of hydrogen-bond donors (Lipinski definition) is 1. The highest BCUT2D eigenvalue weighted by Gasteiger charge is 2.09. The molecule has 0 heterocycles. The summed E-state index contributed by atoms with van der Waals surface area (Å²) in [6, 6.07) is 4.73. The maximum atomic E-state index is 13.1. The maximum Gasteiger partial charge on any atom is 0.126 e. The van der Waals surface area contributed by atoms with Gasteiger partial charge in [0, 0.05) is 17.0 Å². The van der Waals surface area contributed by atoms with Gasteiger partial charge in [-0.25, -0.2) is 4.39 Å². The Bertz CT molecular complexity index is 275. The number of benzene rings is 1. The van der Waals surface area contributed by atoms with Crippen molar-refractivity contribution in [2.75, 3.05) is 6.61 Å². The molecule has 0 aliphatic rings. The van der Waals surface area contributed by atoms with Crippen LogP contribution in [0.1, 0.15) is 18.4 Å². The van der Waals surface area contributed by atoms with E-state index in [-0.39, 0.29) is 18.3 Å². The molecule has 1 aromatic rings. The Balaban J connectivity index is 3.04. The molecular weight excluding hydrogens is 223 g/mol. The van der Waals surface area contributed by atoms with E-state index in [1.807, 2.05) is 0 Å². The second-order valence-corrected chi connectivity index (χ2v) is 3.67. The van der Waals surface area contributed by atoms with Crippen LogP contribution in [-0.2, 0) is 0 Å². The zero-order valence-electron chi connectivity index (χ0n) is 6.72. The Morgan fingerprint density at radius 1 is 1.58 bits per heavy atom. The zero-order chi connectivity index (χ0) is 9.14. The molecule has 0 aromatic heterocycles. The van der Waals surface area contributed by atoms with Crippen molar-refractivity contribution in [2.45, 2.75) is 12.8 Å². The lowest BCUT2D eigenvalue weighted by atomic mass is 10.0. The van der Waals surface area contributed by atoms with Crippen LogP contribution in [0.5, 0.6) is 0 Å². The number of hydrogen-bond acceptors (Lipinski definition) is 1. The molecule has 12 heavy (non-hydrogen) atoms. The van der Waals surface area contributed by atoms with E-state index in [2.05, 4.69) is 15.9 Å². The molecule has 0 aliphatic heterocycles. The molecule has 0 saturated carbocycles. The molecule has 0 fully saturated rings. The van der Waals surface area contributed by atoms with E-state index in [0.717, 1.165) is 4.47 Å². The first-order chi connectivity index (χ1) is 5.65. The summed E-state index contributed by atoms with van der Waals surface area (Å²) >= 11 is 3.25. The van der Waals surface area contributed by atoms with Crippen LogP contribution in [0.15, 0.2) is 22.7 Å². The first-order valence-electron chi connectivity index (χ1n) is 3.71. The lowest BCUT2D eigenvalue weighted by Gasteiger charge is -2.09. The Hall–Kier alpha value is -0.410. The molecule has 0 radical (unpaired) electrons. The second-order valence-electron chi connectivity index (χ2n) is 2.75. The van der Waals surface area contributed by atoms with E-state index in [9.17, 15) is 4.39 Å². The second kappa shape index (κ2) is 4.01. The molecule has 1 atom stereocenters. The molecule has 0 aliphatic carbocycles. The zero-order valence-corrected chi connectivity index (χ0v) is 8.31. The molecule has 3 heteroatoms. The summed E-state index contributed by atoms with van der Waals surface area (Å²) < 4.78 is 13.9. The molecule has 1 nitrogen and oxygen atoms in total. The quantitative estimate of drug-likeness (QED) is 0.832. The molecule has 1 rings (SSSR count). The van der Waals surface area contributed by atoms with Crippen LogP contribution in [0, 0.1) is 5.82 Å². The largest absolute Gasteiger partial charge is 0.396 e. The van der Waals surface area contributed by atoms with Crippen LogP contribution in [-0.4, -0.2) is 11.7 Å². The van der Waals surface area contributed by atoms with Crippen molar-refractivity contribution in [3.05, 3.63) is 34.1 Å². The van der Waals surface area contributed by atoms with Gasteiger partial charge in [0.25, 0.3) is 0 Å². The van der Waals surface area contributed by atoms with Crippen LogP contribution in [0.3, 0.4) is 0 Å². The average molecular weight is 233 g/mol. The molecular formula is C9H10BrFO. The van der Waals surface area contributed by atoms with Gasteiger partial charge < -0.3 is 5.11 Å². The summed E-state index contributed by atoms with van der Waals surface area (Å²) in [5.74, 6) is -0.415. The predicted octanol–water partition coefficient (Wildman–Crippen LogP) is 2.68. The van der Waals surface area contributed by atoms with Gasteiger partial charge in [-0.2, -0.15) is 0 Å². The molecule has 1 aromatic carbocycles. The van der Waals surface area contributed by atoms with Gasteiger partial charge in [-0.15, -0.1) is 0 Å². The standard InChI is InChI=1S/C9H10BrFO/c1-6(5-12)8-4-7(10)2-3-9(8)11/h2-4,6,12H,5H2,1H3. The molecule has 1 unspecified atom stereocenters. The third-order valence-corrected chi connectivity index (χ3v) is 2.26. The normalized spacial score (nSPS) is 13.0. The summed E-state index contributed by atoms with van der Waals surface area (Å²) in [6.07, 6.45) is 0. The number of aliphatic hydroxyl groups is 1. The van der Waals surface area contributed by atoms with Gasteiger partial charge in [0.15, 0.2) is 0 Å². The van der Waals surface area contributed by atoms with Crippen molar-refractivity contribution in [3.63, 3.8) is 0 Å². The summed E-state index contributed by atoms with van der Waals surface area (Å²) in [4.78, 5) is 0. The van der Waals surface area contributed by atoms with Crippen molar-refractivity contribution in [3.8, 4) is 0 Å². The van der Waals surface area contributed by atoms with E-state index < -0.39 is 0 Å². The van der Waals surface area contributed by atoms with Crippen LogP contribution in [0.25, 0.3) is 0 Å². The summed E-state index contributed by atoms with van der Waals surface area (Å²) in [5.41, 5.74) is 0.548. The van der Waals surface area contributed by atoms with Gasteiger partial charge in [0.05, 0.1) is 0 Å². The van der Waals surface area contributed by atoms with E-state index in [0.29, 0.717) is 5.56 Å². The Morgan fingerprint density at radius 2 is 2.25 bits per heavy atom. The van der Waals surface area contributed by atoms with Crippen molar-refractivity contribution >= 4 is 15.9 Å². The highest BCUT2D eigenvalue weighted by molar-refractivity contribution is 9.10. The van der Waals surface area contributed by atoms with E-state index >= 15 is 0 Å². The topological polar surface area (TPSA) is 20.2 Å². The third-order valence-electron chi connectivity index (χ3n) is 1.76. The van der Waals surface area contributed by atoms with E-state index in [4.69, 9.17) is 5.11 Å². The van der Waals surface area contributed by atoms with E-state index in [1.165, 1.54) is 6.07 Å². The summed E-state index contributed by atoms with van der Waals surface area (Å²) in [6.45, 7) is 1.75. The first-order valence-corrected chi connectivity index (χ1v) is 4.50. The van der Waals surface area contributed by atoms with Gasteiger partial charge in [-0.3, -0.25) is 0 Å². The minimum atomic E-state index is -0.264. The van der Waals surface area contributed by atoms with Crippen molar-refractivity contribution < 1.29 is 9.50 Å². The fourth-order valence-electron chi connectivity index (χ4n) is 0.991. The lowest BCUT2D eigenvalue weighted by molar-refractivity contribution is 0.270. The third kappa shape index (κ3) is 2.05. The SMILES string of the molecule is CC(CO)c1cc(Br)ccc1F.